The fourth-order valence-electron chi connectivity index (χ4n) is 2.14. The lowest BCUT2D eigenvalue weighted by Gasteiger charge is -2.07. The van der Waals surface area contributed by atoms with Crippen LogP contribution in [0.15, 0.2) is 47.6 Å². The van der Waals surface area contributed by atoms with Crippen LogP contribution in [0.2, 0.25) is 10.0 Å². The second-order valence-corrected chi connectivity index (χ2v) is 6.87. The molecule has 0 bridgehead atoms. The van der Waals surface area contributed by atoms with E-state index in [4.69, 9.17) is 23.2 Å². The van der Waals surface area contributed by atoms with E-state index in [1.54, 1.807) is 42.5 Å². The SMILES string of the molecule is CC(C)CC(=O)Nc1ccc(C(=O)NN=Cc2c(Cl)cccc2Cl)cc1. The highest BCUT2D eigenvalue weighted by atomic mass is 35.5. The molecule has 7 heteroatoms. The van der Waals surface area contributed by atoms with Crippen LogP contribution in [0.4, 0.5) is 5.69 Å². The Balaban J connectivity index is 1.95. The molecular formula is C19H19Cl2N3O2. The van der Waals surface area contributed by atoms with Gasteiger partial charge in [-0.15, -0.1) is 0 Å². The van der Waals surface area contributed by atoms with Crippen molar-refractivity contribution in [1.82, 2.24) is 5.43 Å². The van der Waals surface area contributed by atoms with Gasteiger partial charge in [0.15, 0.2) is 0 Å². The zero-order valence-electron chi connectivity index (χ0n) is 14.4. The molecule has 0 radical (unpaired) electrons. The van der Waals surface area contributed by atoms with Crippen LogP contribution in [0, 0.1) is 5.92 Å². The van der Waals surface area contributed by atoms with Crippen LogP contribution >= 0.6 is 23.2 Å². The van der Waals surface area contributed by atoms with Gasteiger partial charge in [0, 0.05) is 23.2 Å². The number of nitrogens with one attached hydrogen (secondary N) is 2. The van der Waals surface area contributed by atoms with Crippen molar-refractivity contribution in [2.75, 3.05) is 5.32 Å². The molecule has 0 aliphatic heterocycles. The molecule has 26 heavy (non-hydrogen) atoms. The minimum atomic E-state index is -0.385. The number of rotatable bonds is 6. The normalized spacial score (nSPS) is 11.0. The molecule has 0 fully saturated rings. The first-order valence-electron chi connectivity index (χ1n) is 8.04. The molecule has 5 nitrogen and oxygen atoms in total. The summed E-state index contributed by atoms with van der Waals surface area (Å²) in [7, 11) is 0. The van der Waals surface area contributed by atoms with Crippen LogP contribution in [-0.2, 0) is 4.79 Å². The first kappa shape index (κ1) is 19.9. The highest BCUT2D eigenvalue weighted by molar-refractivity contribution is 6.38. The van der Waals surface area contributed by atoms with Crippen LogP contribution in [0.3, 0.4) is 0 Å². The fourth-order valence-corrected chi connectivity index (χ4v) is 2.64. The largest absolute Gasteiger partial charge is 0.326 e. The van der Waals surface area contributed by atoms with E-state index >= 15 is 0 Å². The smallest absolute Gasteiger partial charge is 0.271 e. The lowest BCUT2D eigenvalue weighted by atomic mass is 10.1. The van der Waals surface area contributed by atoms with Gasteiger partial charge in [-0.3, -0.25) is 9.59 Å². The summed E-state index contributed by atoms with van der Waals surface area (Å²) in [4.78, 5) is 23.8. The maximum Gasteiger partial charge on any atom is 0.271 e. The number of hydrogen-bond donors (Lipinski definition) is 2. The number of hydrogen-bond acceptors (Lipinski definition) is 3. The minimum Gasteiger partial charge on any atom is -0.326 e. The third kappa shape index (κ3) is 5.86. The number of benzene rings is 2. The average molecular weight is 392 g/mol. The summed E-state index contributed by atoms with van der Waals surface area (Å²) in [6.45, 7) is 3.95. The van der Waals surface area contributed by atoms with Crippen molar-refractivity contribution in [2.24, 2.45) is 11.0 Å². The molecule has 0 saturated carbocycles. The van der Waals surface area contributed by atoms with Gasteiger partial charge in [-0.1, -0.05) is 43.1 Å². The molecule has 0 aliphatic rings. The van der Waals surface area contributed by atoms with E-state index in [1.807, 2.05) is 13.8 Å². The summed E-state index contributed by atoms with van der Waals surface area (Å²) in [6, 6.07) is 11.6. The minimum absolute atomic E-state index is 0.0570. The summed E-state index contributed by atoms with van der Waals surface area (Å²) in [6.07, 6.45) is 1.84. The van der Waals surface area contributed by atoms with Gasteiger partial charge in [0.25, 0.3) is 5.91 Å². The lowest BCUT2D eigenvalue weighted by molar-refractivity contribution is -0.116. The van der Waals surface area contributed by atoms with Gasteiger partial charge >= 0.3 is 0 Å². The summed E-state index contributed by atoms with van der Waals surface area (Å²) < 4.78 is 0. The molecule has 0 aromatic heterocycles. The molecule has 2 rings (SSSR count). The van der Waals surface area contributed by atoms with Crippen molar-refractivity contribution in [1.29, 1.82) is 0 Å². The topological polar surface area (TPSA) is 70.6 Å². The van der Waals surface area contributed by atoms with E-state index in [0.717, 1.165) is 0 Å². The Labute approximate surface area is 162 Å². The van der Waals surface area contributed by atoms with Crippen molar-refractivity contribution in [3.05, 3.63) is 63.6 Å². The van der Waals surface area contributed by atoms with E-state index in [1.165, 1.54) is 6.21 Å². The van der Waals surface area contributed by atoms with Crippen molar-refractivity contribution in [2.45, 2.75) is 20.3 Å². The highest BCUT2D eigenvalue weighted by Crippen LogP contribution is 2.22. The molecule has 0 spiro atoms. The van der Waals surface area contributed by atoms with Gasteiger partial charge in [0.1, 0.15) is 0 Å². The molecule has 0 atom stereocenters. The number of anilines is 1. The quantitative estimate of drug-likeness (QED) is 0.551. The molecule has 0 aliphatic carbocycles. The molecule has 2 amide bonds. The van der Waals surface area contributed by atoms with E-state index < -0.39 is 0 Å². The van der Waals surface area contributed by atoms with Gasteiger partial charge in [-0.25, -0.2) is 5.43 Å². The second-order valence-electron chi connectivity index (χ2n) is 6.06. The zero-order valence-corrected chi connectivity index (χ0v) is 15.9. The third-order valence-electron chi connectivity index (χ3n) is 3.38. The molecule has 2 aromatic carbocycles. The summed E-state index contributed by atoms with van der Waals surface area (Å²) >= 11 is 12.1. The monoisotopic (exact) mass is 391 g/mol. The van der Waals surface area contributed by atoms with Crippen LogP contribution in [0.1, 0.15) is 36.2 Å². The van der Waals surface area contributed by atoms with E-state index in [2.05, 4.69) is 15.8 Å². The van der Waals surface area contributed by atoms with Gasteiger partial charge in [0.05, 0.1) is 16.3 Å². The molecule has 136 valence electrons. The summed E-state index contributed by atoms with van der Waals surface area (Å²) in [5, 5.41) is 7.55. The van der Waals surface area contributed by atoms with Crippen LogP contribution in [-0.4, -0.2) is 18.0 Å². The number of carbonyl (C=O) groups excluding carboxylic acids is 2. The maximum atomic E-state index is 12.1. The van der Waals surface area contributed by atoms with Crippen LogP contribution < -0.4 is 10.7 Å². The molecular weight excluding hydrogens is 373 g/mol. The first-order valence-corrected chi connectivity index (χ1v) is 8.79. The molecule has 0 saturated heterocycles. The third-order valence-corrected chi connectivity index (χ3v) is 4.04. The number of halogens is 2. The van der Waals surface area contributed by atoms with Crippen molar-refractivity contribution < 1.29 is 9.59 Å². The van der Waals surface area contributed by atoms with E-state index in [-0.39, 0.29) is 17.7 Å². The van der Waals surface area contributed by atoms with Crippen molar-refractivity contribution >= 4 is 46.9 Å². The predicted molar refractivity (Wildman–Crippen MR) is 106 cm³/mol. The number of hydrazone groups is 1. The first-order chi connectivity index (χ1) is 12.4. The van der Waals surface area contributed by atoms with Crippen LogP contribution in [0.5, 0.6) is 0 Å². The predicted octanol–water partition coefficient (Wildman–Crippen LogP) is 4.74. The number of amides is 2. The Morgan fingerprint density at radius 1 is 1.08 bits per heavy atom. The van der Waals surface area contributed by atoms with E-state index in [9.17, 15) is 9.59 Å². The average Bonchev–Trinajstić information content (AvgIpc) is 2.57. The lowest BCUT2D eigenvalue weighted by Crippen LogP contribution is -2.18. The number of nitrogens with zero attached hydrogens (tertiary/aromatic N) is 1. The van der Waals surface area contributed by atoms with Gasteiger partial charge in [0.2, 0.25) is 5.91 Å². The Morgan fingerprint density at radius 3 is 2.27 bits per heavy atom. The zero-order chi connectivity index (χ0) is 19.1. The van der Waals surface area contributed by atoms with Gasteiger partial charge in [-0.2, -0.15) is 5.10 Å². The maximum absolute atomic E-state index is 12.1. The Bertz CT molecular complexity index is 798. The Hall–Kier alpha value is -2.37. The Kier molecular flexibility index (Phi) is 7.18. The molecule has 2 N–H and O–H groups in total. The standard InChI is InChI=1S/C19H19Cl2N3O2/c1-12(2)10-18(25)23-14-8-6-13(7-9-14)19(26)24-22-11-15-16(20)4-3-5-17(15)21/h3-9,11-12H,10H2,1-2H3,(H,23,25)(H,24,26). The summed E-state index contributed by atoms with van der Waals surface area (Å²) in [5.41, 5.74) is 3.99. The summed E-state index contributed by atoms with van der Waals surface area (Å²) in [5.74, 6) is -0.160. The second kappa shape index (κ2) is 9.36. The Morgan fingerprint density at radius 2 is 1.69 bits per heavy atom. The van der Waals surface area contributed by atoms with Gasteiger partial charge in [-0.05, 0) is 42.3 Å². The molecule has 0 heterocycles. The molecule has 2 aromatic rings. The van der Waals surface area contributed by atoms with Crippen molar-refractivity contribution in [3.8, 4) is 0 Å². The molecule has 0 unspecified atom stereocenters. The highest BCUT2D eigenvalue weighted by Gasteiger charge is 2.08. The van der Waals surface area contributed by atoms with Crippen LogP contribution in [0.25, 0.3) is 0 Å². The number of carbonyl (C=O) groups is 2. The van der Waals surface area contributed by atoms with Crippen molar-refractivity contribution in [3.63, 3.8) is 0 Å². The van der Waals surface area contributed by atoms with Gasteiger partial charge < -0.3 is 5.32 Å². The fraction of sp³-hybridized carbons (Fsp3) is 0.211. The van der Waals surface area contributed by atoms with E-state index in [0.29, 0.717) is 33.3 Å².